The lowest BCUT2D eigenvalue weighted by Crippen LogP contribution is -2.12. The lowest BCUT2D eigenvalue weighted by molar-refractivity contribution is 0.181. The van der Waals surface area contributed by atoms with Crippen LogP contribution in [0.1, 0.15) is 39.0 Å². The van der Waals surface area contributed by atoms with Gasteiger partial charge < -0.3 is 5.11 Å². The molecule has 0 aromatic carbocycles. The summed E-state index contributed by atoms with van der Waals surface area (Å²) < 4.78 is 0. The Kier molecular flexibility index (Phi) is 1.71. The van der Waals surface area contributed by atoms with E-state index in [-0.39, 0.29) is 0 Å². The lowest BCUT2D eigenvalue weighted by atomic mass is 9.91. The van der Waals surface area contributed by atoms with Gasteiger partial charge in [-0.15, -0.1) is 0 Å². The van der Waals surface area contributed by atoms with Crippen LogP contribution in [0.2, 0.25) is 0 Å². The van der Waals surface area contributed by atoms with Gasteiger partial charge in [-0.2, -0.15) is 0 Å². The minimum Gasteiger partial charge on any atom is -0.396 e. The third-order valence-electron chi connectivity index (χ3n) is 3.47. The monoisotopic (exact) mass is 154 g/mol. The van der Waals surface area contributed by atoms with Crippen molar-refractivity contribution in [2.75, 3.05) is 6.61 Å². The number of aliphatic hydroxyl groups excluding tert-OH is 1. The van der Waals surface area contributed by atoms with Gasteiger partial charge in [-0.1, -0.05) is 6.92 Å². The van der Waals surface area contributed by atoms with Crippen LogP contribution in [0.15, 0.2) is 0 Å². The van der Waals surface area contributed by atoms with E-state index in [1.165, 1.54) is 32.1 Å². The Morgan fingerprint density at radius 1 is 1.45 bits per heavy atom. The Morgan fingerprint density at radius 2 is 2.09 bits per heavy atom. The van der Waals surface area contributed by atoms with Gasteiger partial charge in [0.05, 0.1) is 0 Å². The van der Waals surface area contributed by atoms with Crippen molar-refractivity contribution >= 4 is 0 Å². The second-order valence-corrected chi connectivity index (χ2v) is 4.68. The predicted octanol–water partition coefficient (Wildman–Crippen LogP) is 2.20. The molecule has 1 N–H and O–H groups in total. The zero-order valence-corrected chi connectivity index (χ0v) is 7.34. The summed E-state index contributed by atoms with van der Waals surface area (Å²) in [5.41, 5.74) is 0.391. The summed E-state index contributed by atoms with van der Waals surface area (Å²) in [5, 5.41) is 9.11. The Hall–Kier alpha value is -0.0400. The largest absolute Gasteiger partial charge is 0.396 e. The minimum atomic E-state index is 0.391. The summed E-state index contributed by atoms with van der Waals surface area (Å²) in [6, 6.07) is 0. The Balaban J connectivity index is 1.79. The molecule has 2 aliphatic carbocycles. The molecule has 0 aliphatic heterocycles. The van der Waals surface area contributed by atoms with Crippen molar-refractivity contribution in [1.82, 2.24) is 0 Å². The van der Waals surface area contributed by atoms with Crippen LogP contribution in [0.3, 0.4) is 0 Å². The molecular weight excluding hydrogens is 136 g/mol. The van der Waals surface area contributed by atoms with Gasteiger partial charge in [0.15, 0.2) is 0 Å². The van der Waals surface area contributed by atoms with Crippen LogP contribution in [0.4, 0.5) is 0 Å². The van der Waals surface area contributed by atoms with Gasteiger partial charge >= 0.3 is 0 Å². The van der Waals surface area contributed by atoms with Gasteiger partial charge in [0, 0.05) is 6.61 Å². The van der Waals surface area contributed by atoms with Crippen LogP contribution in [0.25, 0.3) is 0 Å². The molecule has 0 saturated heterocycles. The van der Waals surface area contributed by atoms with Gasteiger partial charge in [0.1, 0.15) is 0 Å². The van der Waals surface area contributed by atoms with E-state index >= 15 is 0 Å². The highest BCUT2D eigenvalue weighted by Gasteiger charge is 2.44. The molecule has 11 heavy (non-hydrogen) atoms. The topological polar surface area (TPSA) is 20.2 Å². The highest BCUT2D eigenvalue weighted by molar-refractivity contribution is 4.95. The normalized spacial score (nSPS) is 30.0. The molecule has 1 nitrogen and oxygen atoms in total. The molecule has 1 atom stereocenters. The SMILES string of the molecule is CC(CC1(CO)CC1)C1CC1. The fourth-order valence-corrected chi connectivity index (χ4v) is 2.12. The zero-order chi connectivity index (χ0) is 7.90. The molecule has 0 spiro atoms. The summed E-state index contributed by atoms with van der Waals surface area (Å²) in [6.45, 7) is 2.79. The molecule has 2 saturated carbocycles. The van der Waals surface area contributed by atoms with Crippen molar-refractivity contribution in [3.8, 4) is 0 Å². The predicted molar refractivity (Wildman–Crippen MR) is 45.3 cm³/mol. The number of aliphatic hydroxyl groups is 1. The fourth-order valence-electron chi connectivity index (χ4n) is 2.12. The molecule has 64 valence electrons. The third kappa shape index (κ3) is 1.58. The zero-order valence-electron chi connectivity index (χ0n) is 7.34. The highest BCUT2D eigenvalue weighted by Crippen LogP contribution is 2.53. The average Bonchev–Trinajstić information content (AvgIpc) is 2.85. The maximum absolute atomic E-state index is 9.11. The van der Waals surface area contributed by atoms with E-state index < -0.39 is 0 Å². The second kappa shape index (κ2) is 2.48. The molecule has 1 heteroatoms. The first kappa shape index (κ1) is 7.60. The molecule has 0 heterocycles. The van der Waals surface area contributed by atoms with Gasteiger partial charge in [-0.05, 0) is 49.4 Å². The smallest absolute Gasteiger partial charge is 0.0487 e. The van der Waals surface area contributed by atoms with Crippen LogP contribution in [0, 0.1) is 17.3 Å². The number of hydrogen-bond donors (Lipinski definition) is 1. The maximum atomic E-state index is 9.11. The first-order chi connectivity index (χ1) is 5.26. The summed E-state index contributed by atoms with van der Waals surface area (Å²) >= 11 is 0. The third-order valence-corrected chi connectivity index (χ3v) is 3.47. The lowest BCUT2D eigenvalue weighted by Gasteiger charge is -2.16. The van der Waals surface area contributed by atoms with Crippen LogP contribution < -0.4 is 0 Å². The Labute approximate surface area is 68.8 Å². The summed E-state index contributed by atoms with van der Waals surface area (Å²) in [4.78, 5) is 0. The van der Waals surface area contributed by atoms with Crippen molar-refractivity contribution < 1.29 is 5.11 Å². The van der Waals surface area contributed by atoms with E-state index in [4.69, 9.17) is 5.11 Å². The Bertz CT molecular complexity index is 145. The molecule has 2 aliphatic rings. The molecule has 0 amide bonds. The number of rotatable bonds is 4. The van der Waals surface area contributed by atoms with Crippen molar-refractivity contribution in [3.05, 3.63) is 0 Å². The first-order valence-corrected chi connectivity index (χ1v) is 4.87. The van der Waals surface area contributed by atoms with Gasteiger partial charge in [0.2, 0.25) is 0 Å². The molecular formula is C10H18O. The van der Waals surface area contributed by atoms with E-state index in [0.717, 1.165) is 11.8 Å². The van der Waals surface area contributed by atoms with E-state index in [9.17, 15) is 0 Å². The molecule has 2 rings (SSSR count). The van der Waals surface area contributed by atoms with Crippen molar-refractivity contribution in [2.24, 2.45) is 17.3 Å². The number of hydrogen-bond acceptors (Lipinski definition) is 1. The van der Waals surface area contributed by atoms with Crippen LogP contribution in [-0.4, -0.2) is 11.7 Å². The summed E-state index contributed by atoms with van der Waals surface area (Å²) in [7, 11) is 0. The molecule has 0 radical (unpaired) electrons. The van der Waals surface area contributed by atoms with Gasteiger partial charge in [0.25, 0.3) is 0 Å². The highest BCUT2D eigenvalue weighted by atomic mass is 16.3. The molecule has 2 fully saturated rings. The molecule has 0 aromatic rings. The van der Waals surface area contributed by atoms with Crippen molar-refractivity contribution in [2.45, 2.75) is 39.0 Å². The van der Waals surface area contributed by atoms with E-state index in [1.54, 1.807) is 0 Å². The fraction of sp³-hybridized carbons (Fsp3) is 1.00. The van der Waals surface area contributed by atoms with Crippen molar-refractivity contribution in [1.29, 1.82) is 0 Å². The molecule has 1 unspecified atom stereocenters. The van der Waals surface area contributed by atoms with Crippen molar-refractivity contribution in [3.63, 3.8) is 0 Å². The minimum absolute atomic E-state index is 0.391. The first-order valence-electron chi connectivity index (χ1n) is 4.87. The van der Waals surface area contributed by atoms with E-state index in [1.807, 2.05) is 0 Å². The standard InChI is InChI=1S/C10H18O/c1-8(9-2-3-9)6-10(7-11)4-5-10/h8-9,11H,2-7H2,1H3. The summed E-state index contributed by atoms with van der Waals surface area (Å²) in [5.74, 6) is 1.89. The van der Waals surface area contributed by atoms with Crippen LogP contribution >= 0.6 is 0 Å². The van der Waals surface area contributed by atoms with E-state index in [2.05, 4.69) is 6.92 Å². The second-order valence-electron chi connectivity index (χ2n) is 4.68. The quantitative estimate of drug-likeness (QED) is 0.658. The van der Waals surface area contributed by atoms with Gasteiger partial charge in [-0.3, -0.25) is 0 Å². The van der Waals surface area contributed by atoms with E-state index in [0.29, 0.717) is 12.0 Å². The van der Waals surface area contributed by atoms with Crippen LogP contribution in [-0.2, 0) is 0 Å². The average molecular weight is 154 g/mol. The summed E-state index contributed by atoms with van der Waals surface area (Å²) in [6.07, 6.45) is 6.74. The molecule has 0 aromatic heterocycles. The Morgan fingerprint density at radius 3 is 2.45 bits per heavy atom. The van der Waals surface area contributed by atoms with Crippen LogP contribution in [0.5, 0.6) is 0 Å². The maximum Gasteiger partial charge on any atom is 0.0487 e. The molecule has 0 bridgehead atoms. The van der Waals surface area contributed by atoms with Gasteiger partial charge in [-0.25, -0.2) is 0 Å².